The monoisotopic (exact) mass is 644 g/mol. The second kappa shape index (κ2) is 15.0. The van der Waals surface area contributed by atoms with E-state index in [1.807, 2.05) is 10.8 Å². The number of benzene rings is 1. The summed E-state index contributed by atoms with van der Waals surface area (Å²) >= 11 is 0. The third kappa shape index (κ3) is 8.46. The predicted octanol–water partition coefficient (Wildman–Crippen LogP) is 8.36. The number of hydrogen-bond donors (Lipinski definition) is 1. The van der Waals surface area contributed by atoms with Crippen molar-refractivity contribution in [3.8, 4) is 5.75 Å². The maximum atomic E-state index is 12.7. The third-order valence-electron chi connectivity index (χ3n) is 9.25. The Kier molecular flexibility index (Phi) is 12.1. The summed E-state index contributed by atoms with van der Waals surface area (Å²) in [6.07, 6.45) is -6.95. The number of ether oxygens (including phenoxy) is 3. The molecule has 1 N–H and O–H groups in total. The van der Waals surface area contributed by atoms with Crippen molar-refractivity contribution < 1.29 is 45.7 Å². The molecular formula is C30H42F6O4S2. The highest BCUT2D eigenvalue weighted by molar-refractivity contribution is 8.76. The van der Waals surface area contributed by atoms with Gasteiger partial charge in [0, 0.05) is 31.3 Å². The zero-order valence-corrected chi connectivity index (χ0v) is 25.6. The van der Waals surface area contributed by atoms with Crippen LogP contribution < -0.4 is 4.74 Å². The highest BCUT2D eigenvalue weighted by Gasteiger charge is 2.58. The molecule has 12 heteroatoms. The van der Waals surface area contributed by atoms with Gasteiger partial charge in [-0.05, 0) is 104 Å². The fourth-order valence-corrected chi connectivity index (χ4v) is 9.29. The van der Waals surface area contributed by atoms with Crippen molar-refractivity contribution in [2.45, 2.75) is 95.2 Å². The predicted molar refractivity (Wildman–Crippen MR) is 154 cm³/mol. The van der Waals surface area contributed by atoms with Crippen LogP contribution in [0.2, 0.25) is 0 Å². The average molecular weight is 645 g/mol. The first-order valence-electron chi connectivity index (χ1n) is 14.9. The molecule has 3 aliphatic rings. The molecular weight excluding hydrogens is 602 g/mol. The Morgan fingerprint density at radius 3 is 2.43 bits per heavy atom. The summed E-state index contributed by atoms with van der Waals surface area (Å²) in [6, 6.07) is 6.51. The molecule has 2 saturated carbocycles. The normalized spacial score (nSPS) is 27.5. The summed E-state index contributed by atoms with van der Waals surface area (Å²) in [6.45, 7) is 2.57. The Balaban J connectivity index is 1.23. The highest BCUT2D eigenvalue weighted by Crippen LogP contribution is 2.61. The van der Waals surface area contributed by atoms with E-state index < -0.39 is 25.1 Å². The van der Waals surface area contributed by atoms with Crippen molar-refractivity contribution in [1.29, 1.82) is 0 Å². The minimum absolute atomic E-state index is 0.0219. The van der Waals surface area contributed by atoms with Crippen LogP contribution in [0.1, 0.15) is 75.3 Å². The van der Waals surface area contributed by atoms with Gasteiger partial charge in [0.25, 0.3) is 0 Å². The second-order valence-corrected chi connectivity index (χ2v) is 14.6. The van der Waals surface area contributed by atoms with Gasteiger partial charge in [-0.25, -0.2) is 0 Å². The fourth-order valence-electron chi connectivity index (χ4n) is 7.32. The van der Waals surface area contributed by atoms with Crippen molar-refractivity contribution >= 4 is 21.6 Å². The fraction of sp³-hybridized carbons (Fsp3) is 0.800. The van der Waals surface area contributed by atoms with E-state index in [1.54, 1.807) is 10.8 Å². The Morgan fingerprint density at radius 2 is 1.69 bits per heavy atom. The van der Waals surface area contributed by atoms with Gasteiger partial charge in [-0.2, -0.15) is 26.3 Å². The Bertz CT molecular complexity index is 980. The van der Waals surface area contributed by atoms with E-state index in [9.17, 15) is 26.3 Å². The molecule has 4 nitrogen and oxygen atoms in total. The van der Waals surface area contributed by atoms with Gasteiger partial charge in [0.15, 0.2) is 0 Å². The second-order valence-electron chi connectivity index (χ2n) is 11.9. The summed E-state index contributed by atoms with van der Waals surface area (Å²) < 4.78 is 92.4. The van der Waals surface area contributed by atoms with Crippen LogP contribution in [0.15, 0.2) is 18.2 Å². The lowest BCUT2D eigenvalue weighted by molar-refractivity contribution is -0.322. The Hall–Kier alpha value is -0.820. The molecule has 0 radical (unpaired) electrons. The lowest BCUT2D eigenvalue weighted by Crippen LogP contribution is -2.45. The summed E-state index contributed by atoms with van der Waals surface area (Å²) in [7, 11) is 3.61. The van der Waals surface area contributed by atoms with Crippen LogP contribution in [0.25, 0.3) is 0 Å². The van der Waals surface area contributed by atoms with Crippen molar-refractivity contribution in [1.82, 2.24) is 0 Å². The van der Waals surface area contributed by atoms with E-state index >= 15 is 0 Å². The van der Waals surface area contributed by atoms with Gasteiger partial charge in [0.2, 0.25) is 6.10 Å². The number of aliphatic hydroxyl groups is 1. The van der Waals surface area contributed by atoms with Crippen molar-refractivity contribution in [2.75, 3.05) is 37.9 Å². The maximum Gasteiger partial charge on any atom is 0.423 e. The third-order valence-corrected chi connectivity index (χ3v) is 11.7. The molecule has 2 fully saturated rings. The van der Waals surface area contributed by atoms with Crippen LogP contribution in [-0.4, -0.2) is 67.6 Å². The van der Waals surface area contributed by atoms with E-state index in [2.05, 4.69) is 29.9 Å². The first kappa shape index (κ1) is 34.1. The molecule has 240 valence electrons. The van der Waals surface area contributed by atoms with Gasteiger partial charge >= 0.3 is 12.4 Å². The van der Waals surface area contributed by atoms with Crippen molar-refractivity contribution in [2.24, 2.45) is 17.3 Å². The lowest BCUT2D eigenvalue weighted by atomic mass is 9.55. The number of aryl methyl sites for hydroxylation is 1. The molecule has 0 bridgehead atoms. The molecule has 1 aromatic rings. The van der Waals surface area contributed by atoms with Crippen LogP contribution in [0.3, 0.4) is 0 Å². The first-order chi connectivity index (χ1) is 19.9. The topological polar surface area (TPSA) is 47.9 Å². The number of halogens is 6. The number of unbranched alkanes of at least 4 members (excludes halogenated alkanes) is 1. The molecule has 0 aliphatic heterocycles. The molecule has 4 rings (SSSR count). The van der Waals surface area contributed by atoms with Gasteiger partial charge < -0.3 is 19.3 Å². The number of hydrogen-bond acceptors (Lipinski definition) is 6. The molecule has 3 aliphatic carbocycles. The van der Waals surface area contributed by atoms with Gasteiger partial charge in [-0.15, -0.1) is 0 Å². The lowest BCUT2D eigenvalue weighted by Gasteiger charge is -2.50. The zero-order valence-electron chi connectivity index (χ0n) is 24.0. The van der Waals surface area contributed by atoms with Crippen LogP contribution in [-0.2, 0) is 15.9 Å². The molecule has 0 aromatic heterocycles. The molecule has 1 aromatic carbocycles. The zero-order chi connectivity index (χ0) is 30.4. The first-order valence-corrected chi connectivity index (χ1v) is 17.4. The summed E-state index contributed by atoms with van der Waals surface area (Å²) in [5.74, 6) is 4.36. The van der Waals surface area contributed by atoms with E-state index in [1.165, 1.54) is 11.1 Å². The molecule has 5 atom stereocenters. The molecule has 42 heavy (non-hydrogen) atoms. The van der Waals surface area contributed by atoms with Crippen LogP contribution in [0.4, 0.5) is 26.3 Å². The van der Waals surface area contributed by atoms with E-state index in [0.29, 0.717) is 24.4 Å². The van der Waals surface area contributed by atoms with Crippen molar-refractivity contribution in [3.63, 3.8) is 0 Å². The van der Waals surface area contributed by atoms with E-state index in [0.717, 1.165) is 68.6 Å². The number of alkyl halides is 6. The Labute approximate surface area is 252 Å². The smallest absolute Gasteiger partial charge is 0.423 e. The minimum Gasteiger partial charge on any atom is -0.493 e. The summed E-state index contributed by atoms with van der Waals surface area (Å²) in [5.41, 5.74) is 2.74. The number of rotatable bonds is 15. The molecule has 0 saturated heterocycles. The highest BCUT2D eigenvalue weighted by atomic mass is 33.1. The molecule has 0 spiro atoms. The maximum absolute atomic E-state index is 12.7. The van der Waals surface area contributed by atoms with Crippen LogP contribution in [0, 0.1) is 17.3 Å². The number of aliphatic hydroxyl groups excluding tert-OH is 1. The SMILES string of the molecule is C[C@]12CC[C@@H]3c4ccc(OCCSSCCCCO)cc4CC[C@H]3[C@@H]1CC[C@@H]2OCCCOC(C(F)(F)F)C(F)(F)F. The van der Waals surface area contributed by atoms with E-state index in [4.69, 9.17) is 14.6 Å². The standard InChI is InChI=1S/C30H42F6O4S2/c1-28-12-11-23-22-8-6-21(38-16-18-42-41-17-3-2-13-37)19-20(22)5-7-24(23)25(28)9-10-26(28)39-14-4-15-40-27(29(31,32)33)30(34,35)36/h6,8,19,23-27,37H,2-5,7,9-18H2,1H3/t23-,24-,25+,26+,28+/m1/s1. The molecule has 0 unspecified atom stereocenters. The molecule has 0 amide bonds. The Morgan fingerprint density at radius 1 is 0.929 bits per heavy atom. The van der Waals surface area contributed by atoms with Crippen molar-refractivity contribution in [3.05, 3.63) is 29.3 Å². The largest absolute Gasteiger partial charge is 0.493 e. The van der Waals surface area contributed by atoms with Crippen LogP contribution in [0.5, 0.6) is 5.75 Å². The van der Waals surface area contributed by atoms with Gasteiger partial charge in [0.05, 0.1) is 12.7 Å². The van der Waals surface area contributed by atoms with Gasteiger partial charge in [-0.1, -0.05) is 34.6 Å². The molecule has 0 heterocycles. The van der Waals surface area contributed by atoms with E-state index in [-0.39, 0.29) is 31.2 Å². The van der Waals surface area contributed by atoms with Crippen LogP contribution >= 0.6 is 21.6 Å². The minimum atomic E-state index is -5.49. The quantitative estimate of drug-likeness (QED) is 0.118. The van der Waals surface area contributed by atoms with Gasteiger partial charge in [-0.3, -0.25) is 0 Å². The summed E-state index contributed by atoms with van der Waals surface area (Å²) in [4.78, 5) is 0. The summed E-state index contributed by atoms with van der Waals surface area (Å²) in [5, 5.41) is 8.84. The van der Waals surface area contributed by atoms with Gasteiger partial charge in [0.1, 0.15) is 5.75 Å². The average Bonchev–Trinajstić information content (AvgIpc) is 3.26. The number of fused-ring (bicyclic) bond motifs is 5.